The molecular formula is C15H14FN5OS. The third kappa shape index (κ3) is 3.59. The number of amides is 1. The molecule has 6 nitrogen and oxygen atoms in total. The first-order valence-corrected chi connectivity index (χ1v) is 7.85. The zero-order valence-electron chi connectivity index (χ0n) is 12.3. The van der Waals surface area contributed by atoms with Crippen LogP contribution in [0.15, 0.2) is 42.3 Å². The zero-order valence-corrected chi connectivity index (χ0v) is 13.1. The lowest BCUT2D eigenvalue weighted by Crippen LogP contribution is -2.24. The first-order chi connectivity index (χ1) is 11.1. The predicted octanol–water partition coefficient (Wildman–Crippen LogP) is 2.82. The van der Waals surface area contributed by atoms with Crippen molar-refractivity contribution in [2.75, 3.05) is 5.32 Å². The molecule has 2 aromatic heterocycles. The Balaban J connectivity index is 1.67. The number of carbonyl (C=O) groups is 1. The summed E-state index contributed by atoms with van der Waals surface area (Å²) in [5, 5.41) is 8.88. The van der Waals surface area contributed by atoms with Gasteiger partial charge in [-0.05, 0) is 12.1 Å². The molecule has 118 valence electrons. The smallest absolute Gasteiger partial charge is 0.230 e. The van der Waals surface area contributed by atoms with Crippen molar-refractivity contribution in [2.45, 2.75) is 13.5 Å². The van der Waals surface area contributed by atoms with Crippen molar-refractivity contribution in [3.63, 3.8) is 0 Å². The van der Waals surface area contributed by atoms with Gasteiger partial charge in [0.05, 0.1) is 18.2 Å². The lowest BCUT2D eigenvalue weighted by molar-refractivity contribution is -0.119. The lowest BCUT2D eigenvalue weighted by Gasteiger charge is -2.10. The Morgan fingerprint density at radius 3 is 3.00 bits per heavy atom. The van der Waals surface area contributed by atoms with Crippen molar-refractivity contribution in [3.8, 4) is 11.3 Å². The van der Waals surface area contributed by atoms with Gasteiger partial charge in [-0.15, -0.1) is 11.3 Å². The minimum Gasteiger partial charge on any atom is -0.302 e. The number of carbonyl (C=O) groups excluding carboxylic acids is 1. The van der Waals surface area contributed by atoms with E-state index in [0.717, 1.165) is 0 Å². The molecule has 3 rings (SSSR count). The Morgan fingerprint density at radius 1 is 1.43 bits per heavy atom. The molecule has 0 fully saturated rings. The zero-order chi connectivity index (χ0) is 16.2. The summed E-state index contributed by atoms with van der Waals surface area (Å²) in [7, 11) is 0. The molecule has 0 aliphatic carbocycles. The molecule has 1 aromatic carbocycles. The summed E-state index contributed by atoms with van der Waals surface area (Å²) in [4.78, 5) is 20.3. The van der Waals surface area contributed by atoms with Gasteiger partial charge >= 0.3 is 0 Å². The SMILES string of the molecule is CC(Cn1cncn1)C(=O)Nc1nc(-c2ccccc2F)cs1. The van der Waals surface area contributed by atoms with Crippen LogP contribution in [0.4, 0.5) is 9.52 Å². The molecule has 1 N–H and O–H groups in total. The molecule has 1 unspecified atom stereocenters. The number of aromatic nitrogens is 4. The van der Waals surface area contributed by atoms with Crippen molar-refractivity contribution in [2.24, 2.45) is 5.92 Å². The Bertz CT molecular complexity index is 802. The van der Waals surface area contributed by atoms with Gasteiger partial charge in [-0.1, -0.05) is 19.1 Å². The molecule has 0 saturated heterocycles. The first kappa shape index (κ1) is 15.3. The Labute approximate surface area is 136 Å². The third-order valence-corrected chi connectivity index (χ3v) is 4.02. The van der Waals surface area contributed by atoms with Crippen molar-refractivity contribution in [1.82, 2.24) is 19.7 Å². The minimum absolute atomic E-state index is 0.171. The van der Waals surface area contributed by atoms with Crippen LogP contribution in [0.1, 0.15) is 6.92 Å². The predicted molar refractivity (Wildman–Crippen MR) is 85.3 cm³/mol. The second kappa shape index (κ2) is 6.66. The second-order valence-corrected chi connectivity index (χ2v) is 5.88. The summed E-state index contributed by atoms with van der Waals surface area (Å²) in [5.74, 6) is -0.803. The molecule has 0 bridgehead atoms. The van der Waals surface area contributed by atoms with Crippen LogP contribution in [0.5, 0.6) is 0 Å². The maximum Gasteiger partial charge on any atom is 0.230 e. The highest BCUT2D eigenvalue weighted by Crippen LogP contribution is 2.27. The number of thiazole rings is 1. The van der Waals surface area contributed by atoms with E-state index >= 15 is 0 Å². The van der Waals surface area contributed by atoms with Crippen molar-refractivity contribution in [1.29, 1.82) is 0 Å². The number of halogens is 1. The quantitative estimate of drug-likeness (QED) is 0.780. The fourth-order valence-corrected chi connectivity index (χ4v) is 2.76. The van der Waals surface area contributed by atoms with Crippen molar-refractivity contribution >= 4 is 22.4 Å². The number of nitrogens with one attached hydrogen (secondary N) is 1. The largest absolute Gasteiger partial charge is 0.302 e. The van der Waals surface area contributed by atoms with E-state index < -0.39 is 0 Å². The minimum atomic E-state index is -0.338. The number of rotatable bonds is 5. The summed E-state index contributed by atoms with van der Waals surface area (Å²) in [5.41, 5.74) is 0.923. The summed E-state index contributed by atoms with van der Waals surface area (Å²) in [6.45, 7) is 2.22. The molecule has 0 aliphatic rings. The third-order valence-electron chi connectivity index (χ3n) is 3.26. The second-order valence-electron chi connectivity index (χ2n) is 5.03. The Hall–Kier alpha value is -2.61. The maximum absolute atomic E-state index is 13.7. The van der Waals surface area contributed by atoms with Crippen molar-refractivity contribution < 1.29 is 9.18 Å². The van der Waals surface area contributed by atoms with Gasteiger partial charge in [0, 0.05) is 10.9 Å². The van der Waals surface area contributed by atoms with Gasteiger partial charge in [0.2, 0.25) is 5.91 Å². The van der Waals surface area contributed by atoms with Crippen LogP contribution in [0.25, 0.3) is 11.3 Å². The molecule has 1 amide bonds. The number of benzene rings is 1. The molecule has 8 heteroatoms. The topological polar surface area (TPSA) is 72.7 Å². The highest BCUT2D eigenvalue weighted by atomic mass is 32.1. The van der Waals surface area contributed by atoms with E-state index in [1.54, 1.807) is 41.5 Å². The van der Waals surface area contributed by atoms with Crippen molar-refractivity contribution in [3.05, 3.63) is 48.1 Å². The van der Waals surface area contributed by atoms with Crippen LogP contribution in [0, 0.1) is 11.7 Å². The average Bonchev–Trinajstić information content (AvgIpc) is 3.19. The monoisotopic (exact) mass is 331 g/mol. The van der Waals surface area contributed by atoms with Crippen LogP contribution in [-0.2, 0) is 11.3 Å². The van der Waals surface area contributed by atoms with E-state index in [4.69, 9.17) is 0 Å². The molecule has 3 aromatic rings. The number of nitrogens with zero attached hydrogens (tertiary/aromatic N) is 4. The van der Waals surface area contributed by atoms with Gasteiger partial charge in [-0.25, -0.2) is 14.4 Å². The van der Waals surface area contributed by atoms with E-state index in [-0.39, 0.29) is 17.6 Å². The van der Waals surface area contributed by atoms with Gasteiger partial charge in [-0.2, -0.15) is 5.10 Å². The van der Waals surface area contributed by atoms with Crippen LogP contribution < -0.4 is 5.32 Å². The summed E-state index contributed by atoms with van der Waals surface area (Å²) in [6.07, 6.45) is 2.98. The van der Waals surface area contributed by atoms with Gasteiger partial charge in [0.25, 0.3) is 0 Å². The summed E-state index contributed by atoms with van der Waals surface area (Å²) >= 11 is 1.26. The molecule has 0 saturated carbocycles. The lowest BCUT2D eigenvalue weighted by atomic mass is 10.1. The van der Waals surface area contributed by atoms with E-state index in [9.17, 15) is 9.18 Å². The molecular weight excluding hydrogens is 317 g/mol. The molecule has 0 radical (unpaired) electrons. The number of anilines is 1. The highest BCUT2D eigenvalue weighted by molar-refractivity contribution is 7.14. The normalized spacial score (nSPS) is 12.1. The van der Waals surface area contributed by atoms with Gasteiger partial charge in [0.15, 0.2) is 5.13 Å². The Morgan fingerprint density at radius 2 is 2.26 bits per heavy atom. The van der Waals surface area contributed by atoms with Crippen LogP contribution >= 0.6 is 11.3 Å². The average molecular weight is 331 g/mol. The van der Waals surface area contributed by atoms with E-state index in [1.807, 2.05) is 0 Å². The number of hydrogen-bond donors (Lipinski definition) is 1. The fraction of sp³-hybridized carbons (Fsp3) is 0.200. The molecule has 23 heavy (non-hydrogen) atoms. The van der Waals surface area contributed by atoms with E-state index in [0.29, 0.717) is 22.9 Å². The number of hydrogen-bond acceptors (Lipinski definition) is 5. The van der Waals surface area contributed by atoms with E-state index in [2.05, 4.69) is 20.4 Å². The molecule has 0 spiro atoms. The van der Waals surface area contributed by atoms with Gasteiger partial charge in [-0.3, -0.25) is 9.48 Å². The van der Waals surface area contributed by atoms with Crippen LogP contribution in [0.3, 0.4) is 0 Å². The first-order valence-electron chi connectivity index (χ1n) is 6.97. The van der Waals surface area contributed by atoms with Gasteiger partial charge in [0.1, 0.15) is 18.5 Å². The van der Waals surface area contributed by atoms with Crippen LogP contribution in [-0.4, -0.2) is 25.7 Å². The molecule has 0 aliphatic heterocycles. The standard InChI is InChI=1S/C15H14FN5OS/c1-10(6-21-9-17-8-18-21)14(22)20-15-19-13(7-23-15)11-4-2-3-5-12(11)16/h2-5,7-10H,6H2,1H3,(H,19,20,22). The van der Waals surface area contributed by atoms with Gasteiger partial charge < -0.3 is 5.32 Å². The Kier molecular flexibility index (Phi) is 4.42. The highest BCUT2D eigenvalue weighted by Gasteiger charge is 2.16. The van der Waals surface area contributed by atoms with Crippen LogP contribution in [0.2, 0.25) is 0 Å². The maximum atomic E-state index is 13.7. The van der Waals surface area contributed by atoms with E-state index in [1.165, 1.54) is 23.7 Å². The summed E-state index contributed by atoms with van der Waals surface area (Å²) < 4.78 is 15.3. The molecule has 1 atom stereocenters. The fourth-order valence-electron chi connectivity index (χ4n) is 2.04. The summed E-state index contributed by atoms with van der Waals surface area (Å²) in [6, 6.07) is 6.41. The molecule has 2 heterocycles.